The number of hydrogen-bond acceptors (Lipinski definition) is 4. The highest BCUT2D eigenvalue weighted by Gasteiger charge is 2.31. The van der Waals surface area contributed by atoms with E-state index in [0.29, 0.717) is 19.1 Å². The zero-order valence-corrected chi connectivity index (χ0v) is 14.2. The van der Waals surface area contributed by atoms with Gasteiger partial charge in [0.15, 0.2) is 0 Å². The van der Waals surface area contributed by atoms with Gasteiger partial charge in [-0.25, -0.2) is 0 Å². The lowest BCUT2D eigenvalue weighted by atomic mass is 9.84. The highest BCUT2D eigenvalue weighted by molar-refractivity contribution is 7.12. The van der Waals surface area contributed by atoms with Crippen LogP contribution in [0.5, 0.6) is 0 Å². The standard InChI is InChI=1S/C17H25NO3S/c1-3-21-16(19)10-11-18(14-8-5-4-7-13(14)2)17(20)15-9-6-12-22-15/h6,9,12-14H,3-5,7-8,10-11H2,1-2H3. The first-order chi connectivity index (χ1) is 10.6. The van der Waals surface area contributed by atoms with Crippen molar-refractivity contribution in [3.8, 4) is 0 Å². The predicted molar refractivity (Wildman–Crippen MR) is 88.0 cm³/mol. The summed E-state index contributed by atoms with van der Waals surface area (Å²) in [5, 5.41) is 1.92. The summed E-state index contributed by atoms with van der Waals surface area (Å²) >= 11 is 1.46. The summed E-state index contributed by atoms with van der Waals surface area (Å²) < 4.78 is 5.00. The van der Waals surface area contributed by atoms with Crippen LogP contribution in [0.25, 0.3) is 0 Å². The Morgan fingerprint density at radius 2 is 2.14 bits per heavy atom. The molecule has 0 spiro atoms. The predicted octanol–water partition coefficient (Wildman–Crippen LogP) is 3.72. The Kier molecular flexibility index (Phi) is 6.43. The van der Waals surface area contributed by atoms with Gasteiger partial charge in [-0.3, -0.25) is 9.59 Å². The Labute approximate surface area is 136 Å². The summed E-state index contributed by atoms with van der Waals surface area (Å²) in [7, 11) is 0. The molecule has 1 fully saturated rings. The van der Waals surface area contributed by atoms with Crippen molar-refractivity contribution in [2.24, 2.45) is 5.92 Å². The second kappa shape index (κ2) is 8.32. The molecule has 22 heavy (non-hydrogen) atoms. The van der Waals surface area contributed by atoms with Gasteiger partial charge in [0, 0.05) is 12.6 Å². The van der Waals surface area contributed by atoms with E-state index in [0.717, 1.165) is 24.1 Å². The fourth-order valence-electron chi connectivity index (χ4n) is 3.16. The maximum atomic E-state index is 12.8. The molecule has 122 valence electrons. The van der Waals surface area contributed by atoms with Crippen molar-refractivity contribution in [1.82, 2.24) is 4.90 Å². The van der Waals surface area contributed by atoms with Crippen molar-refractivity contribution in [3.05, 3.63) is 22.4 Å². The zero-order valence-electron chi connectivity index (χ0n) is 13.4. The van der Waals surface area contributed by atoms with Crippen molar-refractivity contribution in [3.63, 3.8) is 0 Å². The molecule has 2 atom stereocenters. The number of amides is 1. The van der Waals surface area contributed by atoms with E-state index in [1.54, 1.807) is 6.92 Å². The summed E-state index contributed by atoms with van der Waals surface area (Å²) in [6.45, 7) is 4.85. The van der Waals surface area contributed by atoms with E-state index >= 15 is 0 Å². The smallest absolute Gasteiger partial charge is 0.307 e. The number of thiophene rings is 1. The Morgan fingerprint density at radius 1 is 1.36 bits per heavy atom. The molecule has 1 saturated carbocycles. The third-order valence-electron chi connectivity index (χ3n) is 4.32. The fraction of sp³-hybridized carbons (Fsp3) is 0.647. The van der Waals surface area contributed by atoms with Crippen molar-refractivity contribution < 1.29 is 14.3 Å². The molecule has 0 radical (unpaired) electrons. The summed E-state index contributed by atoms with van der Waals surface area (Å²) in [4.78, 5) is 27.1. The summed E-state index contributed by atoms with van der Waals surface area (Å²) in [5.74, 6) is 0.313. The molecule has 5 heteroatoms. The van der Waals surface area contributed by atoms with Gasteiger partial charge >= 0.3 is 5.97 Å². The minimum Gasteiger partial charge on any atom is -0.466 e. The van der Waals surface area contributed by atoms with Crippen LogP contribution in [-0.2, 0) is 9.53 Å². The number of ether oxygens (including phenoxy) is 1. The Hall–Kier alpha value is -1.36. The average molecular weight is 323 g/mol. The van der Waals surface area contributed by atoms with E-state index < -0.39 is 0 Å². The number of carbonyl (C=O) groups excluding carboxylic acids is 2. The Balaban J connectivity index is 2.09. The SMILES string of the molecule is CCOC(=O)CCN(C(=O)c1cccs1)C1CCCCC1C. The summed E-state index contributed by atoms with van der Waals surface area (Å²) in [5.41, 5.74) is 0. The monoisotopic (exact) mass is 323 g/mol. The van der Waals surface area contributed by atoms with Crippen molar-refractivity contribution in [1.29, 1.82) is 0 Å². The number of nitrogens with zero attached hydrogens (tertiary/aromatic N) is 1. The van der Waals surface area contributed by atoms with E-state index in [9.17, 15) is 9.59 Å². The maximum Gasteiger partial charge on any atom is 0.307 e. The van der Waals surface area contributed by atoms with E-state index in [-0.39, 0.29) is 24.3 Å². The van der Waals surface area contributed by atoms with E-state index in [2.05, 4.69) is 6.92 Å². The maximum absolute atomic E-state index is 12.8. The van der Waals surface area contributed by atoms with E-state index in [1.807, 2.05) is 22.4 Å². The summed E-state index contributed by atoms with van der Waals surface area (Å²) in [6, 6.07) is 3.99. The molecule has 0 bridgehead atoms. The average Bonchev–Trinajstić information content (AvgIpc) is 3.03. The van der Waals surface area contributed by atoms with Gasteiger partial charge in [-0.1, -0.05) is 25.8 Å². The Bertz CT molecular complexity index is 486. The molecule has 4 nitrogen and oxygen atoms in total. The number of rotatable bonds is 6. The van der Waals surface area contributed by atoms with Gasteiger partial charge < -0.3 is 9.64 Å². The summed E-state index contributed by atoms with van der Waals surface area (Å²) in [6.07, 6.45) is 4.84. The highest BCUT2D eigenvalue weighted by Crippen LogP contribution is 2.30. The molecule has 1 aromatic heterocycles. The normalized spacial score (nSPS) is 21.4. The minimum atomic E-state index is -0.227. The van der Waals surface area contributed by atoms with Crippen LogP contribution in [0.3, 0.4) is 0 Å². The molecule has 2 unspecified atom stereocenters. The second-order valence-electron chi connectivity index (χ2n) is 5.86. The van der Waals surface area contributed by atoms with E-state index in [1.165, 1.54) is 17.8 Å². The molecule has 0 N–H and O–H groups in total. The topological polar surface area (TPSA) is 46.6 Å². The largest absolute Gasteiger partial charge is 0.466 e. The molecule has 1 amide bonds. The molecule has 1 aromatic rings. The molecular formula is C17H25NO3S. The van der Waals surface area contributed by atoms with Crippen LogP contribution in [0.4, 0.5) is 0 Å². The van der Waals surface area contributed by atoms with Crippen LogP contribution in [0.2, 0.25) is 0 Å². The third-order valence-corrected chi connectivity index (χ3v) is 5.18. The van der Waals surface area contributed by atoms with Crippen LogP contribution in [0.15, 0.2) is 17.5 Å². The Morgan fingerprint density at radius 3 is 2.77 bits per heavy atom. The van der Waals surface area contributed by atoms with Gasteiger partial charge in [-0.15, -0.1) is 11.3 Å². The van der Waals surface area contributed by atoms with Crippen molar-refractivity contribution in [2.75, 3.05) is 13.2 Å². The first kappa shape index (κ1) is 17.0. The fourth-order valence-corrected chi connectivity index (χ4v) is 3.84. The van der Waals surface area contributed by atoms with Gasteiger partial charge in [0.25, 0.3) is 5.91 Å². The van der Waals surface area contributed by atoms with Crippen LogP contribution in [-0.4, -0.2) is 36.0 Å². The molecular weight excluding hydrogens is 298 g/mol. The van der Waals surface area contributed by atoms with Crippen molar-refractivity contribution in [2.45, 2.75) is 52.0 Å². The van der Waals surface area contributed by atoms with Crippen LogP contribution in [0.1, 0.15) is 55.6 Å². The third kappa shape index (κ3) is 4.32. The second-order valence-corrected chi connectivity index (χ2v) is 6.81. The van der Waals surface area contributed by atoms with E-state index in [4.69, 9.17) is 4.74 Å². The zero-order chi connectivity index (χ0) is 15.9. The molecule has 1 aliphatic rings. The van der Waals surface area contributed by atoms with Crippen LogP contribution in [0, 0.1) is 5.92 Å². The quantitative estimate of drug-likeness (QED) is 0.750. The molecule has 0 aromatic carbocycles. The van der Waals surface area contributed by atoms with Gasteiger partial charge in [0.2, 0.25) is 0 Å². The van der Waals surface area contributed by atoms with Gasteiger partial charge in [-0.2, -0.15) is 0 Å². The van der Waals surface area contributed by atoms with Crippen LogP contribution < -0.4 is 0 Å². The van der Waals surface area contributed by atoms with Gasteiger partial charge in [-0.05, 0) is 37.1 Å². The van der Waals surface area contributed by atoms with Crippen LogP contribution >= 0.6 is 11.3 Å². The first-order valence-electron chi connectivity index (χ1n) is 8.13. The number of esters is 1. The molecule has 1 aliphatic carbocycles. The molecule has 1 heterocycles. The van der Waals surface area contributed by atoms with Gasteiger partial charge in [0.05, 0.1) is 17.9 Å². The lowest BCUT2D eigenvalue weighted by Gasteiger charge is -2.38. The minimum absolute atomic E-state index is 0.0537. The number of hydrogen-bond donors (Lipinski definition) is 0. The molecule has 0 saturated heterocycles. The van der Waals surface area contributed by atoms with Crippen molar-refractivity contribution >= 4 is 23.2 Å². The number of carbonyl (C=O) groups is 2. The van der Waals surface area contributed by atoms with Gasteiger partial charge in [0.1, 0.15) is 0 Å². The highest BCUT2D eigenvalue weighted by atomic mass is 32.1. The molecule has 0 aliphatic heterocycles. The first-order valence-corrected chi connectivity index (χ1v) is 9.01. The lowest BCUT2D eigenvalue weighted by Crippen LogP contribution is -2.46. The molecule has 2 rings (SSSR count). The lowest BCUT2D eigenvalue weighted by molar-refractivity contribution is -0.143.